The number of nitrogens with zero attached hydrogens (tertiary/aromatic N) is 2. The molecular formula is C27H48N4O8S. The lowest BCUT2D eigenvalue weighted by Crippen LogP contribution is -2.50. The first-order chi connectivity index (χ1) is 18.7. The third-order valence-electron chi connectivity index (χ3n) is 7.26. The maximum atomic E-state index is 13.0. The highest BCUT2D eigenvalue weighted by Crippen LogP contribution is 2.25. The molecule has 0 aromatic rings. The Hall–Kier alpha value is -2.41. The van der Waals surface area contributed by atoms with E-state index in [1.807, 2.05) is 27.7 Å². The molecule has 0 radical (unpaired) electrons. The molecule has 0 aliphatic carbocycles. The molecule has 0 bridgehead atoms. The van der Waals surface area contributed by atoms with Crippen LogP contribution < -0.4 is 10.0 Å². The van der Waals surface area contributed by atoms with Crippen LogP contribution in [0.1, 0.15) is 85.5 Å². The van der Waals surface area contributed by atoms with Crippen molar-refractivity contribution in [3.05, 3.63) is 0 Å². The van der Waals surface area contributed by atoms with Gasteiger partial charge in [0.25, 0.3) is 0 Å². The minimum absolute atomic E-state index is 0.0159. The number of hydrogen-bond acceptors (Lipinski definition) is 7. The van der Waals surface area contributed by atoms with Crippen LogP contribution in [0.5, 0.6) is 0 Å². The zero-order valence-corrected chi connectivity index (χ0v) is 25.3. The van der Waals surface area contributed by atoms with E-state index >= 15 is 0 Å². The number of carbonyl (C=O) groups excluding carboxylic acids is 3. The number of rotatable bonds is 13. The molecular weight excluding hydrogens is 540 g/mol. The van der Waals surface area contributed by atoms with Crippen molar-refractivity contribution >= 4 is 33.9 Å². The van der Waals surface area contributed by atoms with Crippen molar-refractivity contribution in [2.75, 3.05) is 38.5 Å². The van der Waals surface area contributed by atoms with Gasteiger partial charge in [-0.25, -0.2) is 17.9 Å². The molecule has 0 spiro atoms. The predicted octanol–water partition coefficient (Wildman–Crippen LogP) is 2.33. The van der Waals surface area contributed by atoms with Gasteiger partial charge >= 0.3 is 12.1 Å². The molecule has 2 aliphatic rings. The number of likely N-dealkylation sites (tertiary alicyclic amines) is 2. The van der Waals surface area contributed by atoms with E-state index in [1.165, 1.54) is 0 Å². The number of carbonyl (C=O) groups is 4. The van der Waals surface area contributed by atoms with Gasteiger partial charge in [0.1, 0.15) is 5.60 Å². The molecule has 0 aromatic heterocycles. The highest BCUT2D eigenvalue weighted by atomic mass is 32.2. The largest absolute Gasteiger partial charge is 0.481 e. The van der Waals surface area contributed by atoms with Gasteiger partial charge in [-0.15, -0.1) is 0 Å². The van der Waals surface area contributed by atoms with Crippen LogP contribution in [-0.2, 0) is 29.1 Å². The van der Waals surface area contributed by atoms with Crippen LogP contribution in [0.25, 0.3) is 0 Å². The number of hydrogen-bond donors (Lipinski definition) is 3. The lowest BCUT2D eigenvalue weighted by molar-refractivity contribution is -0.138. The molecule has 2 saturated heterocycles. The van der Waals surface area contributed by atoms with E-state index < -0.39 is 40.0 Å². The molecule has 230 valence electrons. The molecule has 40 heavy (non-hydrogen) atoms. The van der Waals surface area contributed by atoms with Crippen LogP contribution in [0.3, 0.4) is 0 Å². The number of sulfonamides is 1. The molecule has 13 heteroatoms. The van der Waals surface area contributed by atoms with Gasteiger partial charge in [-0.2, -0.15) is 0 Å². The maximum absolute atomic E-state index is 13.0. The number of piperidine rings is 2. The van der Waals surface area contributed by atoms with E-state index in [4.69, 9.17) is 4.74 Å². The number of nitrogens with one attached hydrogen (secondary N) is 2. The molecule has 2 aliphatic heterocycles. The van der Waals surface area contributed by atoms with Crippen molar-refractivity contribution in [3.63, 3.8) is 0 Å². The van der Waals surface area contributed by atoms with Crippen molar-refractivity contribution in [2.24, 2.45) is 11.8 Å². The lowest BCUT2D eigenvalue weighted by Gasteiger charge is -2.35. The van der Waals surface area contributed by atoms with E-state index in [1.54, 1.807) is 9.80 Å². The van der Waals surface area contributed by atoms with E-state index in [0.717, 1.165) is 12.8 Å². The van der Waals surface area contributed by atoms with Gasteiger partial charge < -0.3 is 25.0 Å². The van der Waals surface area contributed by atoms with Crippen molar-refractivity contribution in [1.82, 2.24) is 19.8 Å². The summed E-state index contributed by atoms with van der Waals surface area (Å²) in [5, 5.41) is 11.9. The second-order valence-corrected chi connectivity index (χ2v) is 13.9. The van der Waals surface area contributed by atoms with Crippen molar-refractivity contribution in [1.29, 1.82) is 0 Å². The van der Waals surface area contributed by atoms with Gasteiger partial charge in [0.15, 0.2) is 0 Å². The molecule has 2 atom stereocenters. The number of carboxylic acids is 1. The standard InChI is InChI=1S/C27H48N4O8S/c1-5-6-16-40(37,38)28-18-22(17-24(33)34)29-25(35)21-8-7-13-31(19-21)23(32)10-9-20-11-14-30(15-12-20)26(36)39-27(2,3)4/h20-22,28H,5-19H2,1-4H3,(H,29,35)(H,33,34)/t21-,22+/m1/s1. The van der Waals surface area contributed by atoms with Crippen LogP contribution in [0, 0.1) is 11.8 Å². The Balaban J connectivity index is 1.81. The first-order valence-electron chi connectivity index (χ1n) is 14.4. The lowest BCUT2D eigenvalue weighted by atomic mass is 9.91. The van der Waals surface area contributed by atoms with Gasteiger partial charge in [0.05, 0.1) is 24.1 Å². The van der Waals surface area contributed by atoms with Gasteiger partial charge in [0.2, 0.25) is 21.8 Å². The number of ether oxygens (including phenoxy) is 1. The van der Waals surface area contributed by atoms with E-state index in [2.05, 4.69) is 10.0 Å². The third-order valence-corrected chi connectivity index (χ3v) is 8.69. The molecule has 2 rings (SSSR count). The van der Waals surface area contributed by atoms with Gasteiger partial charge in [0, 0.05) is 39.1 Å². The second-order valence-electron chi connectivity index (χ2n) is 12.0. The molecule has 0 saturated carbocycles. The van der Waals surface area contributed by atoms with E-state index in [9.17, 15) is 32.7 Å². The number of unbranched alkanes of at least 4 members (excludes halogenated alkanes) is 1. The summed E-state index contributed by atoms with van der Waals surface area (Å²) in [6.07, 6.45) is 4.41. The Bertz CT molecular complexity index is 974. The zero-order valence-electron chi connectivity index (χ0n) is 24.4. The fraction of sp³-hybridized carbons (Fsp3) is 0.852. The monoisotopic (exact) mass is 588 g/mol. The van der Waals surface area contributed by atoms with E-state index in [0.29, 0.717) is 64.1 Å². The summed E-state index contributed by atoms with van der Waals surface area (Å²) < 4.78 is 32.1. The summed E-state index contributed by atoms with van der Waals surface area (Å²) in [5.41, 5.74) is -0.535. The molecule has 0 aromatic carbocycles. The van der Waals surface area contributed by atoms with Crippen molar-refractivity contribution in [2.45, 2.75) is 97.1 Å². The van der Waals surface area contributed by atoms with Crippen molar-refractivity contribution in [3.8, 4) is 0 Å². The molecule has 3 N–H and O–H groups in total. The minimum atomic E-state index is -3.56. The van der Waals surface area contributed by atoms with Gasteiger partial charge in [-0.1, -0.05) is 13.3 Å². The van der Waals surface area contributed by atoms with Crippen LogP contribution in [-0.4, -0.2) is 97.3 Å². The van der Waals surface area contributed by atoms with Gasteiger partial charge in [-0.3, -0.25) is 14.4 Å². The highest BCUT2D eigenvalue weighted by Gasteiger charge is 2.31. The summed E-state index contributed by atoms with van der Waals surface area (Å²) >= 11 is 0. The average Bonchev–Trinajstić information content (AvgIpc) is 2.88. The maximum Gasteiger partial charge on any atom is 0.410 e. The fourth-order valence-corrected chi connectivity index (χ4v) is 6.24. The van der Waals surface area contributed by atoms with E-state index in [-0.39, 0.29) is 36.7 Å². The first kappa shape index (κ1) is 33.8. The smallest absolute Gasteiger partial charge is 0.410 e. The van der Waals surface area contributed by atoms with Crippen molar-refractivity contribution < 1.29 is 37.4 Å². The molecule has 2 heterocycles. The molecule has 0 unspecified atom stereocenters. The van der Waals surface area contributed by atoms with Gasteiger partial charge in [-0.05, 0) is 65.2 Å². The summed E-state index contributed by atoms with van der Waals surface area (Å²) in [4.78, 5) is 52.9. The number of aliphatic carboxylic acids is 1. The third kappa shape index (κ3) is 12.4. The quantitative estimate of drug-likeness (QED) is 0.295. The number of amides is 3. The Morgan fingerprint density at radius 2 is 1.73 bits per heavy atom. The summed E-state index contributed by atoms with van der Waals surface area (Å²) in [5.74, 6) is -1.73. The average molecular weight is 589 g/mol. The van der Waals surface area contributed by atoms with Crippen LogP contribution in [0.4, 0.5) is 4.79 Å². The highest BCUT2D eigenvalue weighted by molar-refractivity contribution is 7.89. The SMILES string of the molecule is CCCCS(=O)(=O)NC[C@H](CC(=O)O)NC(=O)[C@@H]1CCCN(C(=O)CCC2CCN(C(=O)OC(C)(C)C)CC2)C1. The second kappa shape index (κ2) is 15.6. The van der Waals surface area contributed by atoms with Crippen LogP contribution in [0.15, 0.2) is 0 Å². The normalized spacial score (nSPS) is 19.6. The summed E-state index contributed by atoms with van der Waals surface area (Å²) in [6, 6.07) is -0.890. The summed E-state index contributed by atoms with van der Waals surface area (Å²) in [7, 11) is -3.56. The summed E-state index contributed by atoms with van der Waals surface area (Å²) in [6.45, 7) is 9.21. The fourth-order valence-electron chi connectivity index (χ4n) is 4.97. The molecule has 3 amide bonds. The Labute approximate surface area is 238 Å². The predicted molar refractivity (Wildman–Crippen MR) is 150 cm³/mol. The molecule has 12 nitrogen and oxygen atoms in total. The zero-order chi connectivity index (χ0) is 29.9. The number of carboxylic acid groups (broad SMARTS) is 1. The Kier molecular flexibility index (Phi) is 13.1. The first-order valence-corrected chi connectivity index (χ1v) is 16.1. The Morgan fingerprint density at radius 3 is 2.33 bits per heavy atom. The van der Waals surface area contributed by atoms with Crippen LogP contribution >= 0.6 is 0 Å². The topological polar surface area (TPSA) is 162 Å². The molecule has 2 fully saturated rings. The van der Waals surface area contributed by atoms with Crippen LogP contribution in [0.2, 0.25) is 0 Å². The Morgan fingerprint density at radius 1 is 1.05 bits per heavy atom. The minimum Gasteiger partial charge on any atom is -0.481 e.